The van der Waals surface area contributed by atoms with E-state index < -0.39 is 18.2 Å². The fourth-order valence-corrected chi connectivity index (χ4v) is 5.70. The van der Waals surface area contributed by atoms with Crippen LogP contribution in [0.5, 0.6) is 0 Å². The normalized spacial score (nSPS) is 23.4. The van der Waals surface area contributed by atoms with Crippen molar-refractivity contribution in [2.75, 3.05) is 32.8 Å². The molecule has 0 spiro atoms. The largest absolute Gasteiger partial charge is 0.479 e. The number of hydrogen-bond acceptors (Lipinski definition) is 5. The van der Waals surface area contributed by atoms with Crippen LogP contribution in [0.4, 0.5) is 4.79 Å². The van der Waals surface area contributed by atoms with Crippen molar-refractivity contribution in [2.24, 2.45) is 11.8 Å². The molecule has 35 heavy (non-hydrogen) atoms. The van der Waals surface area contributed by atoms with E-state index in [2.05, 4.69) is 29.6 Å². The first kappa shape index (κ1) is 23.4. The number of carbonyl (C=O) groups excluding carboxylic acids is 2. The molecule has 0 aromatic heterocycles. The van der Waals surface area contributed by atoms with Crippen molar-refractivity contribution in [1.29, 1.82) is 0 Å². The highest BCUT2D eigenvalue weighted by atomic mass is 16.5. The zero-order valence-corrected chi connectivity index (χ0v) is 19.5. The SMILES string of the molecule is O=C(NC[C@@H]1CCC[C@@H]1C(=O)N1CCOC(C(=O)O)C1)OCC1c2ccccc2-c2ccccc21. The summed E-state index contributed by atoms with van der Waals surface area (Å²) in [6.07, 6.45) is 1.02. The number of benzene rings is 2. The minimum atomic E-state index is -1.05. The summed E-state index contributed by atoms with van der Waals surface area (Å²) in [4.78, 5) is 38.5. The molecule has 1 unspecified atom stereocenters. The lowest BCUT2D eigenvalue weighted by atomic mass is 9.94. The van der Waals surface area contributed by atoms with Gasteiger partial charge in [0.15, 0.2) is 6.10 Å². The first-order valence-electron chi connectivity index (χ1n) is 12.2. The molecule has 8 heteroatoms. The lowest BCUT2D eigenvalue weighted by molar-refractivity contribution is -0.160. The number of aliphatic carboxylic acids is 1. The molecular weight excluding hydrogens is 448 g/mol. The summed E-state index contributed by atoms with van der Waals surface area (Å²) < 4.78 is 10.9. The van der Waals surface area contributed by atoms with E-state index in [4.69, 9.17) is 9.47 Å². The van der Waals surface area contributed by atoms with E-state index in [9.17, 15) is 19.5 Å². The maximum atomic E-state index is 13.1. The second-order valence-electron chi connectivity index (χ2n) is 9.49. The third-order valence-electron chi connectivity index (χ3n) is 7.48. The van der Waals surface area contributed by atoms with Gasteiger partial charge in [-0.05, 0) is 41.0 Å². The van der Waals surface area contributed by atoms with Crippen molar-refractivity contribution in [1.82, 2.24) is 10.2 Å². The Kier molecular flexibility index (Phi) is 6.72. The van der Waals surface area contributed by atoms with Gasteiger partial charge in [0.2, 0.25) is 5.91 Å². The minimum Gasteiger partial charge on any atom is -0.479 e. The van der Waals surface area contributed by atoms with Crippen LogP contribution in [0.25, 0.3) is 11.1 Å². The summed E-state index contributed by atoms with van der Waals surface area (Å²) in [7, 11) is 0. The van der Waals surface area contributed by atoms with Crippen LogP contribution in [0.1, 0.15) is 36.3 Å². The number of morpholine rings is 1. The Morgan fingerprint density at radius 3 is 2.40 bits per heavy atom. The number of hydrogen-bond donors (Lipinski definition) is 2. The number of nitrogens with one attached hydrogen (secondary N) is 1. The van der Waals surface area contributed by atoms with Crippen LogP contribution >= 0.6 is 0 Å². The van der Waals surface area contributed by atoms with Gasteiger partial charge in [0.25, 0.3) is 0 Å². The summed E-state index contributed by atoms with van der Waals surface area (Å²) in [5.74, 6) is -1.32. The highest BCUT2D eigenvalue weighted by Gasteiger charge is 2.38. The maximum Gasteiger partial charge on any atom is 0.407 e. The molecule has 2 fully saturated rings. The molecule has 8 nitrogen and oxygen atoms in total. The van der Waals surface area contributed by atoms with Gasteiger partial charge in [0, 0.05) is 24.9 Å². The predicted molar refractivity (Wildman–Crippen MR) is 128 cm³/mol. The second-order valence-corrected chi connectivity index (χ2v) is 9.49. The van der Waals surface area contributed by atoms with E-state index in [1.54, 1.807) is 4.90 Å². The Hall–Kier alpha value is -3.39. The van der Waals surface area contributed by atoms with Crippen molar-refractivity contribution < 1.29 is 29.0 Å². The molecule has 2 N–H and O–H groups in total. The maximum absolute atomic E-state index is 13.1. The van der Waals surface area contributed by atoms with Crippen molar-refractivity contribution in [3.63, 3.8) is 0 Å². The molecule has 0 bridgehead atoms. The number of fused-ring (bicyclic) bond motifs is 3. The van der Waals surface area contributed by atoms with Crippen molar-refractivity contribution in [2.45, 2.75) is 31.3 Å². The van der Waals surface area contributed by atoms with E-state index in [-0.39, 0.29) is 43.4 Å². The molecule has 1 aliphatic heterocycles. The van der Waals surface area contributed by atoms with Crippen molar-refractivity contribution in [3.05, 3.63) is 59.7 Å². The van der Waals surface area contributed by atoms with E-state index in [0.29, 0.717) is 13.1 Å². The molecular formula is C27H30N2O6. The van der Waals surface area contributed by atoms with E-state index in [0.717, 1.165) is 30.4 Å². The third-order valence-corrected chi connectivity index (χ3v) is 7.48. The summed E-state index contributed by atoms with van der Waals surface area (Å²) in [6.45, 7) is 1.29. The Labute approximate surface area is 204 Å². The molecule has 0 radical (unpaired) electrons. The van der Waals surface area contributed by atoms with Gasteiger partial charge in [-0.15, -0.1) is 0 Å². The molecule has 3 atom stereocenters. The molecule has 2 aliphatic carbocycles. The molecule has 5 rings (SSSR count). The molecule has 3 aliphatic rings. The van der Waals surface area contributed by atoms with Crippen LogP contribution in [-0.4, -0.2) is 66.9 Å². The van der Waals surface area contributed by atoms with Crippen LogP contribution in [-0.2, 0) is 19.1 Å². The van der Waals surface area contributed by atoms with Crippen LogP contribution < -0.4 is 5.32 Å². The summed E-state index contributed by atoms with van der Waals surface area (Å²) in [6, 6.07) is 16.4. The molecule has 1 heterocycles. The monoisotopic (exact) mass is 478 g/mol. The summed E-state index contributed by atoms with van der Waals surface area (Å²) >= 11 is 0. The number of carbonyl (C=O) groups is 3. The first-order chi connectivity index (χ1) is 17.0. The molecule has 1 saturated carbocycles. The standard InChI is InChI=1S/C27H30N2O6/c30-25(29-12-13-34-24(15-29)26(31)32)18-11-5-6-17(18)14-28-27(33)35-16-23-21-9-3-1-7-19(21)20-8-2-4-10-22(20)23/h1-4,7-10,17-18,23-24H,5-6,11-16H2,(H,28,33)(H,31,32)/t17-,18-,24?/m0/s1. The van der Waals surface area contributed by atoms with Crippen LogP contribution in [0.2, 0.25) is 0 Å². The van der Waals surface area contributed by atoms with Crippen LogP contribution in [0.15, 0.2) is 48.5 Å². The number of ether oxygens (including phenoxy) is 2. The summed E-state index contributed by atoms with van der Waals surface area (Å²) in [5.41, 5.74) is 4.68. The van der Waals surface area contributed by atoms with Gasteiger partial charge < -0.3 is 24.8 Å². The highest BCUT2D eigenvalue weighted by Crippen LogP contribution is 2.44. The van der Waals surface area contributed by atoms with Crippen LogP contribution in [0.3, 0.4) is 0 Å². The minimum absolute atomic E-state index is 0.00235. The number of carboxylic acid groups (broad SMARTS) is 1. The molecule has 2 aromatic carbocycles. The van der Waals surface area contributed by atoms with Crippen molar-refractivity contribution >= 4 is 18.0 Å². The number of amides is 2. The van der Waals surface area contributed by atoms with Gasteiger partial charge in [-0.2, -0.15) is 0 Å². The average Bonchev–Trinajstić information content (AvgIpc) is 3.48. The summed E-state index contributed by atoms with van der Waals surface area (Å²) in [5, 5.41) is 12.1. The average molecular weight is 479 g/mol. The zero-order valence-electron chi connectivity index (χ0n) is 19.5. The van der Waals surface area contributed by atoms with Gasteiger partial charge in [0.05, 0.1) is 13.2 Å². The zero-order chi connectivity index (χ0) is 24.4. The lowest BCUT2D eigenvalue weighted by Crippen LogP contribution is -2.51. The Bertz CT molecular complexity index is 1070. The fourth-order valence-electron chi connectivity index (χ4n) is 5.70. The van der Waals surface area contributed by atoms with Gasteiger partial charge >= 0.3 is 12.1 Å². The molecule has 2 aromatic rings. The van der Waals surface area contributed by atoms with E-state index >= 15 is 0 Å². The molecule has 1 saturated heterocycles. The highest BCUT2D eigenvalue weighted by molar-refractivity contribution is 5.81. The quantitative estimate of drug-likeness (QED) is 0.660. The van der Waals surface area contributed by atoms with Gasteiger partial charge in [-0.1, -0.05) is 55.0 Å². The number of alkyl carbamates (subject to hydrolysis) is 1. The molecule has 184 valence electrons. The number of rotatable bonds is 6. The Morgan fingerprint density at radius 1 is 1.03 bits per heavy atom. The lowest BCUT2D eigenvalue weighted by Gasteiger charge is -2.34. The van der Waals surface area contributed by atoms with E-state index in [1.807, 2.05) is 24.3 Å². The van der Waals surface area contributed by atoms with Gasteiger partial charge in [0.1, 0.15) is 6.61 Å². The van der Waals surface area contributed by atoms with Crippen molar-refractivity contribution in [3.8, 4) is 11.1 Å². The van der Waals surface area contributed by atoms with Crippen LogP contribution in [0, 0.1) is 11.8 Å². The number of nitrogens with zero attached hydrogens (tertiary/aromatic N) is 1. The number of carboxylic acids is 1. The van der Waals surface area contributed by atoms with E-state index in [1.165, 1.54) is 11.1 Å². The third kappa shape index (κ3) is 4.75. The second kappa shape index (κ2) is 10.1. The first-order valence-corrected chi connectivity index (χ1v) is 12.2. The molecule has 2 amide bonds. The smallest absolute Gasteiger partial charge is 0.407 e. The fraction of sp³-hybridized carbons (Fsp3) is 0.444. The van der Waals surface area contributed by atoms with Gasteiger partial charge in [-0.3, -0.25) is 4.79 Å². The Balaban J connectivity index is 1.15. The topological polar surface area (TPSA) is 105 Å². The predicted octanol–water partition coefficient (Wildman–Crippen LogP) is 3.25. The van der Waals surface area contributed by atoms with Gasteiger partial charge in [-0.25, -0.2) is 9.59 Å². The Morgan fingerprint density at radius 2 is 1.71 bits per heavy atom.